The molecule has 0 spiro atoms. The predicted molar refractivity (Wildman–Crippen MR) is 86.5 cm³/mol. The van der Waals surface area contributed by atoms with Crippen LogP contribution in [0.5, 0.6) is 0 Å². The molecule has 4 rings (SSSR count). The number of furan rings is 1. The highest BCUT2D eigenvalue weighted by Crippen LogP contribution is 2.27. The van der Waals surface area contributed by atoms with Gasteiger partial charge in [-0.3, -0.25) is 9.59 Å². The number of hydrogen-bond acceptors (Lipinski definition) is 5. The molecular formula is C19H11NO5. The van der Waals surface area contributed by atoms with Gasteiger partial charge in [0.1, 0.15) is 0 Å². The Hall–Kier alpha value is -3.67. The van der Waals surface area contributed by atoms with Gasteiger partial charge in [-0.1, -0.05) is 47.5 Å². The Morgan fingerprint density at radius 3 is 2.04 bits per heavy atom. The van der Waals surface area contributed by atoms with Crippen LogP contribution in [0.4, 0.5) is 0 Å². The summed E-state index contributed by atoms with van der Waals surface area (Å²) in [6, 6.07) is 17.0. The summed E-state index contributed by atoms with van der Waals surface area (Å²) in [4.78, 5) is 42.0. The number of hydrogen-bond donors (Lipinski definition) is 0. The van der Waals surface area contributed by atoms with Crippen LogP contribution in [0.3, 0.4) is 0 Å². The molecular weight excluding hydrogens is 322 g/mol. The lowest BCUT2D eigenvalue weighted by Crippen LogP contribution is -2.32. The minimum absolute atomic E-state index is 0.0808. The molecule has 1 aliphatic rings. The Labute approximate surface area is 142 Å². The van der Waals surface area contributed by atoms with Crippen molar-refractivity contribution in [1.82, 2.24) is 5.06 Å². The summed E-state index contributed by atoms with van der Waals surface area (Å²) in [7, 11) is 0. The lowest BCUT2D eigenvalue weighted by Gasteiger charge is -2.12. The Morgan fingerprint density at radius 1 is 0.800 bits per heavy atom. The third-order valence-electron chi connectivity index (χ3n) is 3.87. The van der Waals surface area contributed by atoms with E-state index < -0.39 is 17.8 Å². The van der Waals surface area contributed by atoms with Gasteiger partial charge in [0.2, 0.25) is 5.76 Å². The number of hydroxylamine groups is 2. The summed E-state index contributed by atoms with van der Waals surface area (Å²) in [5, 5.41) is 0.463. The predicted octanol–water partition coefficient (Wildman–Crippen LogP) is 3.31. The maximum Gasteiger partial charge on any atom is 0.399 e. The average molecular weight is 333 g/mol. The Kier molecular flexibility index (Phi) is 3.43. The normalized spacial score (nSPS) is 13.0. The second kappa shape index (κ2) is 5.76. The van der Waals surface area contributed by atoms with E-state index in [1.165, 1.54) is 18.4 Å². The van der Waals surface area contributed by atoms with Crippen molar-refractivity contribution in [3.05, 3.63) is 83.8 Å². The van der Waals surface area contributed by atoms with Gasteiger partial charge in [-0.15, -0.1) is 0 Å². The lowest BCUT2D eigenvalue weighted by atomic mass is 10.1. The first-order valence-electron chi connectivity index (χ1n) is 7.50. The molecule has 0 N–H and O–H groups in total. The molecule has 2 heterocycles. The minimum atomic E-state index is -0.918. The fraction of sp³-hybridized carbons (Fsp3) is 0. The fourth-order valence-corrected chi connectivity index (χ4v) is 2.69. The molecule has 1 aliphatic heterocycles. The number of rotatable bonds is 3. The quantitative estimate of drug-likeness (QED) is 0.687. The lowest BCUT2D eigenvalue weighted by molar-refractivity contribution is -0.0602. The van der Waals surface area contributed by atoms with Crippen LogP contribution in [0.1, 0.15) is 31.3 Å². The van der Waals surface area contributed by atoms with Crippen LogP contribution in [0.15, 0.2) is 71.3 Å². The molecule has 0 fully saturated rings. The zero-order chi connectivity index (χ0) is 17.4. The molecule has 0 aliphatic carbocycles. The summed E-state index contributed by atoms with van der Waals surface area (Å²) in [6.07, 6.45) is 1.35. The third-order valence-corrected chi connectivity index (χ3v) is 3.87. The molecule has 0 radical (unpaired) electrons. The highest BCUT2D eigenvalue weighted by Gasteiger charge is 2.39. The first-order valence-corrected chi connectivity index (χ1v) is 7.50. The van der Waals surface area contributed by atoms with Crippen LogP contribution in [-0.4, -0.2) is 22.8 Å². The van der Waals surface area contributed by atoms with Crippen LogP contribution in [0, 0.1) is 0 Å². The number of amides is 2. The number of imide groups is 1. The monoisotopic (exact) mass is 333 g/mol. The second-order valence-electron chi connectivity index (χ2n) is 5.36. The molecule has 2 amide bonds. The van der Waals surface area contributed by atoms with E-state index in [2.05, 4.69) is 0 Å². The number of carbonyl (C=O) groups is 3. The zero-order valence-electron chi connectivity index (χ0n) is 12.8. The molecule has 122 valence electrons. The van der Waals surface area contributed by atoms with Gasteiger partial charge in [-0.05, 0) is 23.8 Å². The Bertz CT molecular complexity index is 955. The van der Waals surface area contributed by atoms with Gasteiger partial charge in [0.15, 0.2) is 0 Å². The van der Waals surface area contributed by atoms with Crippen molar-refractivity contribution in [2.24, 2.45) is 0 Å². The maximum atomic E-state index is 12.4. The van der Waals surface area contributed by atoms with E-state index in [1.807, 2.05) is 30.3 Å². The molecule has 6 nitrogen and oxygen atoms in total. The molecule has 0 saturated heterocycles. The SMILES string of the molecule is O=C(ON1C(=O)c2ccccc2C1=O)c1occc1-c1ccccc1. The molecule has 25 heavy (non-hydrogen) atoms. The van der Waals surface area contributed by atoms with Gasteiger partial charge in [0, 0.05) is 5.56 Å². The van der Waals surface area contributed by atoms with Crippen molar-refractivity contribution in [2.45, 2.75) is 0 Å². The van der Waals surface area contributed by atoms with Crippen molar-refractivity contribution >= 4 is 17.8 Å². The highest BCUT2D eigenvalue weighted by atomic mass is 16.7. The molecule has 6 heteroatoms. The van der Waals surface area contributed by atoms with Gasteiger partial charge in [0.05, 0.1) is 17.4 Å². The highest BCUT2D eigenvalue weighted by molar-refractivity contribution is 6.21. The number of fused-ring (bicyclic) bond motifs is 1. The van der Waals surface area contributed by atoms with Crippen LogP contribution < -0.4 is 0 Å². The summed E-state index contributed by atoms with van der Waals surface area (Å²) < 4.78 is 5.21. The van der Waals surface area contributed by atoms with Gasteiger partial charge in [-0.2, -0.15) is 0 Å². The molecule has 2 aromatic carbocycles. The molecule has 0 bridgehead atoms. The molecule has 3 aromatic rings. The van der Waals surface area contributed by atoms with Crippen molar-refractivity contribution in [1.29, 1.82) is 0 Å². The number of benzene rings is 2. The third kappa shape index (κ3) is 2.40. The van der Waals surface area contributed by atoms with Gasteiger partial charge in [0.25, 0.3) is 11.8 Å². The number of nitrogens with zero attached hydrogens (tertiary/aromatic N) is 1. The minimum Gasteiger partial charge on any atom is -0.457 e. The van der Waals surface area contributed by atoms with E-state index in [9.17, 15) is 14.4 Å². The van der Waals surface area contributed by atoms with Crippen LogP contribution >= 0.6 is 0 Å². The summed E-state index contributed by atoms with van der Waals surface area (Å²) in [5.41, 5.74) is 1.67. The average Bonchev–Trinajstić information content (AvgIpc) is 3.23. The second-order valence-corrected chi connectivity index (χ2v) is 5.36. The van der Waals surface area contributed by atoms with Gasteiger partial charge >= 0.3 is 5.97 Å². The summed E-state index contributed by atoms with van der Waals surface area (Å²) in [6.45, 7) is 0. The molecule has 0 saturated carbocycles. The summed E-state index contributed by atoms with van der Waals surface area (Å²) >= 11 is 0. The van der Waals surface area contributed by atoms with Crippen LogP contribution in [-0.2, 0) is 4.84 Å². The van der Waals surface area contributed by atoms with Crippen LogP contribution in [0.25, 0.3) is 11.1 Å². The van der Waals surface area contributed by atoms with E-state index in [-0.39, 0.29) is 16.9 Å². The summed E-state index contributed by atoms with van der Waals surface area (Å²) in [5.74, 6) is -2.36. The van der Waals surface area contributed by atoms with E-state index in [4.69, 9.17) is 9.25 Å². The van der Waals surface area contributed by atoms with E-state index in [0.29, 0.717) is 10.6 Å². The molecule has 0 unspecified atom stereocenters. The number of carbonyl (C=O) groups excluding carboxylic acids is 3. The van der Waals surface area contributed by atoms with Gasteiger partial charge in [-0.25, -0.2) is 4.79 Å². The first kappa shape index (κ1) is 14.9. The smallest absolute Gasteiger partial charge is 0.399 e. The zero-order valence-corrected chi connectivity index (χ0v) is 12.8. The standard InChI is InChI=1S/C19H11NO5/c21-17-14-8-4-5-9-15(14)18(22)20(17)25-19(23)16-13(10-11-24-16)12-6-2-1-3-7-12/h1-11H. The topological polar surface area (TPSA) is 76.8 Å². The van der Waals surface area contributed by atoms with E-state index >= 15 is 0 Å². The largest absolute Gasteiger partial charge is 0.457 e. The van der Waals surface area contributed by atoms with Crippen molar-refractivity contribution in [2.75, 3.05) is 0 Å². The Balaban J connectivity index is 1.62. The van der Waals surface area contributed by atoms with Crippen molar-refractivity contribution < 1.29 is 23.6 Å². The van der Waals surface area contributed by atoms with Crippen LogP contribution in [0.2, 0.25) is 0 Å². The molecule has 0 atom stereocenters. The first-order chi connectivity index (χ1) is 12.2. The van der Waals surface area contributed by atoms with Crippen molar-refractivity contribution in [3.8, 4) is 11.1 Å². The fourth-order valence-electron chi connectivity index (χ4n) is 2.69. The van der Waals surface area contributed by atoms with Crippen molar-refractivity contribution in [3.63, 3.8) is 0 Å². The molecule has 1 aromatic heterocycles. The van der Waals surface area contributed by atoms with Gasteiger partial charge < -0.3 is 9.25 Å². The maximum absolute atomic E-state index is 12.4. The Morgan fingerprint density at radius 2 is 1.40 bits per heavy atom. The van der Waals surface area contributed by atoms with E-state index in [0.717, 1.165) is 5.56 Å². The van der Waals surface area contributed by atoms with E-state index in [1.54, 1.807) is 18.2 Å².